The minimum Gasteiger partial charge on any atom is -0.352 e. The zero-order valence-corrected chi connectivity index (χ0v) is 21.5. The van der Waals surface area contributed by atoms with Crippen molar-refractivity contribution in [2.75, 3.05) is 5.75 Å². The van der Waals surface area contributed by atoms with Crippen LogP contribution in [0.3, 0.4) is 0 Å². The van der Waals surface area contributed by atoms with Crippen molar-refractivity contribution >= 4 is 23.6 Å². The van der Waals surface area contributed by atoms with E-state index in [4.69, 9.17) is 0 Å². The van der Waals surface area contributed by atoms with E-state index in [1.807, 2.05) is 92.7 Å². The Balaban J connectivity index is 1.78. The van der Waals surface area contributed by atoms with Crippen molar-refractivity contribution in [2.45, 2.75) is 57.5 Å². The van der Waals surface area contributed by atoms with E-state index in [1.165, 1.54) is 5.56 Å². The number of carbonyl (C=O) groups is 2. The van der Waals surface area contributed by atoms with Crippen molar-refractivity contribution in [3.05, 3.63) is 108 Å². The highest BCUT2D eigenvalue weighted by Crippen LogP contribution is 2.18. The molecule has 1 N–H and O–H groups in total. The lowest BCUT2D eigenvalue weighted by atomic mass is 10.0. The van der Waals surface area contributed by atoms with E-state index in [0.717, 1.165) is 23.3 Å². The average Bonchev–Trinajstić information content (AvgIpc) is 2.90. The summed E-state index contributed by atoms with van der Waals surface area (Å²) in [6.45, 7) is 4.46. The second-order valence-corrected chi connectivity index (χ2v) is 9.92. The normalized spacial score (nSPS) is 12.5. The van der Waals surface area contributed by atoms with E-state index in [0.29, 0.717) is 25.1 Å². The van der Waals surface area contributed by atoms with Gasteiger partial charge in [-0.15, -0.1) is 0 Å². The summed E-state index contributed by atoms with van der Waals surface area (Å²) >= 11 is 1.75. The summed E-state index contributed by atoms with van der Waals surface area (Å²) in [5.41, 5.74) is 3.31. The molecule has 184 valence electrons. The molecule has 0 unspecified atom stereocenters. The third-order valence-electron chi connectivity index (χ3n) is 6.04. The Labute approximate surface area is 214 Å². The Hall–Kier alpha value is -3.05. The lowest BCUT2D eigenvalue weighted by Crippen LogP contribution is -2.52. The van der Waals surface area contributed by atoms with Gasteiger partial charge in [0.1, 0.15) is 6.04 Å². The second kappa shape index (κ2) is 14.4. The molecular weight excluding hydrogens is 452 g/mol. The van der Waals surface area contributed by atoms with E-state index >= 15 is 0 Å². The smallest absolute Gasteiger partial charge is 0.243 e. The van der Waals surface area contributed by atoms with Crippen molar-refractivity contribution in [3.63, 3.8) is 0 Å². The van der Waals surface area contributed by atoms with E-state index in [-0.39, 0.29) is 17.9 Å². The number of thioether (sulfide) groups is 1. The first-order valence-corrected chi connectivity index (χ1v) is 13.5. The van der Waals surface area contributed by atoms with Gasteiger partial charge in [-0.1, -0.05) is 97.9 Å². The number of rotatable bonds is 13. The van der Waals surface area contributed by atoms with Crippen molar-refractivity contribution in [1.29, 1.82) is 0 Å². The van der Waals surface area contributed by atoms with Crippen LogP contribution in [-0.2, 0) is 28.3 Å². The van der Waals surface area contributed by atoms with Gasteiger partial charge in [0.05, 0.1) is 0 Å². The second-order valence-electron chi connectivity index (χ2n) is 8.82. The average molecular weight is 489 g/mol. The maximum Gasteiger partial charge on any atom is 0.243 e. The van der Waals surface area contributed by atoms with Crippen LogP contribution in [0.15, 0.2) is 91.0 Å². The minimum absolute atomic E-state index is 0.00893. The van der Waals surface area contributed by atoms with Gasteiger partial charge in [-0.05, 0) is 30.0 Å². The number of nitrogens with one attached hydrogen (secondary N) is 1. The van der Waals surface area contributed by atoms with Gasteiger partial charge < -0.3 is 10.2 Å². The molecule has 3 aromatic carbocycles. The molecule has 0 heterocycles. The lowest BCUT2D eigenvalue weighted by molar-refractivity contribution is -0.141. The topological polar surface area (TPSA) is 49.4 Å². The molecule has 3 rings (SSSR count). The molecule has 0 aliphatic heterocycles. The van der Waals surface area contributed by atoms with Gasteiger partial charge in [0, 0.05) is 36.9 Å². The van der Waals surface area contributed by atoms with Gasteiger partial charge in [-0.25, -0.2) is 0 Å². The molecule has 2 atom stereocenters. The highest BCUT2D eigenvalue weighted by Gasteiger charge is 2.30. The first-order valence-electron chi connectivity index (χ1n) is 12.4. The first-order chi connectivity index (χ1) is 17.1. The SMILES string of the molecule is CC[C@H](C)NC(=O)[C@H](Cc1ccccc1)N(Cc1ccccc1)C(=O)CCSCc1ccccc1. The molecule has 5 heteroatoms. The molecule has 0 radical (unpaired) electrons. The third-order valence-corrected chi connectivity index (χ3v) is 7.07. The molecule has 35 heavy (non-hydrogen) atoms. The Morgan fingerprint density at radius 1 is 0.829 bits per heavy atom. The monoisotopic (exact) mass is 488 g/mol. The molecule has 0 bridgehead atoms. The van der Waals surface area contributed by atoms with Crippen molar-refractivity contribution in [3.8, 4) is 0 Å². The summed E-state index contributed by atoms with van der Waals surface area (Å²) in [6.07, 6.45) is 1.72. The molecule has 3 aromatic rings. The summed E-state index contributed by atoms with van der Waals surface area (Å²) in [4.78, 5) is 28.8. The Morgan fingerprint density at radius 3 is 1.94 bits per heavy atom. The van der Waals surface area contributed by atoms with Gasteiger partial charge in [0.25, 0.3) is 0 Å². The maximum atomic E-state index is 13.6. The molecule has 0 spiro atoms. The highest BCUT2D eigenvalue weighted by atomic mass is 32.2. The fourth-order valence-electron chi connectivity index (χ4n) is 3.84. The van der Waals surface area contributed by atoms with E-state index < -0.39 is 6.04 Å². The molecule has 2 amide bonds. The first kappa shape index (κ1) is 26.6. The largest absolute Gasteiger partial charge is 0.352 e. The molecule has 0 saturated heterocycles. The van der Waals surface area contributed by atoms with Gasteiger partial charge in [0.15, 0.2) is 0 Å². The standard InChI is InChI=1S/C30H36N2O2S/c1-3-24(2)31-30(34)28(21-25-13-7-4-8-14-25)32(22-26-15-9-5-10-16-26)29(33)19-20-35-23-27-17-11-6-12-18-27/h4-18,24,28H,3,19-23H2,1-2H3,(H,31,34)/t24-,28-/m0/s1. The van der Waals surface area contributed by atoms with Gasteiger partial charge in [-0.3, -0.25) is 9.59 Å². The van der Waals surface area contributed by atoms with Crippen LogP contribution in [-0.4, -0.2) is 34.6 Å². The quantitative estimate of drug-likeness (QED) is 0.306. The van der Waals surface area contributed by atoms with Crippen molar-refractivity contribution in [1.82, 2.24) is 10.2 Å². The molecule has 0 fully saturated rings. The number of nitrogens with zero attached hydrogens (tertiary/aromatic N) is 1. The predicted octanol–water partition coefficient (Wildman–Crippen LogP) is 5.86. The van der Waals surface area contributed by atoms with Gasteiger partial charge >= 0.3 is 0 Å². The van der Waals surface area contributed by atoms with Gasteiger partial charge in [0.2, 0.25) is 11.8 Å². The van der Waals surface area contributed by atoms with Crippen LogP contribution >= 0.6 is 11.8 Å². The third kappa shape index (κ3) is 8.91. The Kier molecular flexibility index (Phi) is 10.9. The van der Waals surface area contributed by atoms with Crippen LogP contribution in [0.1, 0.15) is 43.4 Å². The fraction of sp³-hybridized carbons (Fsp3) is 0.333. The Bertz CT molecular complexity index is 1030. The fourth-order valence-corrected chi connectivity index (χ4v) is 4.73. The zero-order chi connectivity index (χ0) is 24.9. The molecule has 0 aliphatic rings. The maximum absolute atomic E-state index is 13.6. The Morgan fingerprint density at radius 2 is 1.37 bits per heavy atom. The summed E-state index contributed by atoms with van der Waals surface area (Å²) in [5.74, 6) is 1.50. The van der Waals surface area contributed by atoms with E-state index in [9.17, 15) is 9.59 Å². The van der Waals surface area contributed by atoms with Crippen LogP contribution in [0.4, 0.5) is 0 Å². The molecular formula is C30H36N2O2S. The molecule has 0 aliphatic carbocycles. The molecule has 0 aromatic heterocycles. The van der Waals surface area contributed by atoms with Crippen LogP contribution in [0.5, 0.6) is 0 Å². The van der Waals surface area contributed by atoms with Crippen LogP contribution in [0.25, 0.3) is 0 Å². The molecule has 0 saturated carbocycles. The number of carbonyl (C=O) groups excluding carboxylic acids is 2. The molecule has 4 nitrogen and oxygen atoms in total. The van der Waals surface area contributed by atoms with E-state index in [2.05, 4.69) is 17.4 Å². The summed E-state index contributed by atoms with van der Waals surface area (Å²) in [5, 5.41) is 3.12. The summed E-state index contributed by atoms with van der Waals surface area (Å²) in [6, 6.07) is 29.6. The van der Waals surface area contributed by atoms with Crippen molar-refractivity contribution < 1.29 is 9.59 Å². The van der Waals surface area contributed by atoms with E-state index in [1.54, 1.807) is 16.7 Å². The van der Waals surface area contributed by atoms with Crippen LogP contribution in [0, 0.1) is 0 Å². The van der Waals surface area contributed by atoms with Crippen LogP contribution in [0.2, 0.25) is 0 Å². The minimum atomic E-state index is -0.571. The lowest BCUT2D eigenvalue weighted by Gasteiger charge is -2.32. The summed E-state index contributed by atoms with van der Waals surface area (Å²) in [7, 11) is 0. The number of hydrogen-bond acceptors (Lipinski definition) is 3. The number of benzene rings is 3. The zero-order valence-electron chi connectivity index (χ0n) is 20.7. The number of hydrogen-bond donors (Lipinski definition) is 1. The summed E-state index contributed by atoms with van der Waals surface area (Å²) < 4.78 is 0. The predicted molar refractivity (Wildman–Crippen MR) is 146 cm³/mol. The number of amides is 2. The highest BCUT2D eigenvalue weighted by molar-refractivity contribution is 7.98. The van der Waals surface area contributed by atoms with Gasteiger partial charge in [-0.2, -0.15) is 11.8 Å². The van der Waals surface area contributed by atoms with Crippen LogP contribution < -0.4 is 5.32 Å². The van der Waals surface area contributed by atoms with Crippen molar-refractivity contribution in [2.24, 2.45) is 0 Å².